The summed E-state index contributed by atoms with van der Waals surface area (Å²) in [5.41, 5.74) is -3.18. The number of hydrogen-bond donors (Lipinski definition) is 1. The Bertz CT molecular complexity index is 542. The van der Waals surface area contributed by atoms with Gasteiger partial charge in [-0.2, -0.15) is 13.2 Å². The fourth-order valence-electron chi connectivity index (χ4n) is 4.25. The van der Waals surface area contributed by atoms with Crippen molar-refractivity contribution in [2.24, 2.45) is 5.92 Å². The van der Waals surface area contributed by atoms with Gasteiger partial charge in [-0.3, -0.25) is 0 Å². The Kier molecular flexibility index (Phi) is 6.67. The van der Waals surface area contributed by atoms with E-state index in [-0.39, 0.29) is 12.0 Å². The van der Waals surface area contributed by atoms with Crippen LogP contribution in [0.5, 0.6) is 0 Å². The average Bonchev–Trinajstić information content (AvgIpc) is 3.03. The zero-order valence-electron chi connectivity index (χ0n) is 16.4. The largest absolute Gasteiger partial charge is 0.459 e. The highest BCUT2D eigenvalue weighted by atomic mass is 19.4. The van der Waals surface area contributed by atoms with Crippen LogP contribution in [0.25, 0.3) is 0 Å². The summed E-state index contributed by atoms with van der Waals surface area (Å²) in [4.78, 5) is 11.7. The molecule has 0 aromatic carbocycles. The van der Waals surface area contributed by atoms with Gasteiger partial charge in [-0.15, -0.1) is 0 Å². The summed E-state index contributed by atoms with van der Waals surface area (Å²) < 4.78 is 50.9. The first-order valence-electron chi connectivity index (χ1n) is 9.72. The lowest BCUT2D eigenvalue weighted by molar-refractivity contribution is -0.303. The molecule has 0 aromatic rings. The number of esters is 1. The maximum Gasteiger partial charge on any atom is 0.419 e. The first-order chi connectivity index (χ1) is 12.4. The molecule has 2 unspecified atom stereocenters. The SMILES string of the molecule is C=C(C)C(=O)OC1CCC(C2(OC(C)C(C)(O)C(F)(F)F)CCCC2)CC1. The Hall–Kier alpha value is -1.08. The van der Waals surface area contributed by atoms with Crippen molar-refractivity contribution in [1.29, 1.82) is 0 Å². The highest BCUT2D eigenvalue weighted by Crippen LogP contribution is 2.48. The molecule has 2 rings (SSSR count). The molecule has 2 aliphatic rings. The summed E-state index contributed by atoms with van der Waals surface area (Å²) in [6.07, 6.45) is -0.272. The van der Waals surface area contributed by atoms with Gasteiger partial charge in [0.1, 0.15) is 6.10 Å². The van der Waals surface area contributed by atoms with E-state index in [1.165, 1.54) is 6.92 Å². The van der Waals surface area contributed by atoms with Crippen molar-refractivity contribution < 1.29 is 32.5 Å². The van der Waals surface area contributed by atoms with Gasteiger partial charge >= 0.3 is 12.1 Å². The standard InChI is InChI=1S/C20H31F3O4/c1-13(2)17(24)26-16-9-7-15(8-10-16)19(11-5-6-12-19)27-14(3)18(4,25)20(21,22)23/h14-16,25H,1,5-12H2,2-4H3. The van der Waals surface area contributed by atoms with E-state index in [2.05, 4.69) is 6.58 Å². The minimum Gasteiger partial charge on any atom is -0.459 e. The summed E-state index contributed by atoms with van der Waals surface area (Å²) in [6.45, 7) is 7.25. The second-order valence-electron chi connectivity index (χ2n) is 8.34. The Balaban J connectivity index is 2.03. The van der Waals surface area contributed by atoms with Gasteiger partial charge in [-0.05, 0) is 65.2 Å². The van der Waals surface area contributed by atoms with E-state index in [4.69, 9.17) is 9.47 Å². The average molecular weight is 392 g/mol. The van der Waals surface area contributed by atoms with Gasteiger partial charge in [-0.25, -0.2) is 4.79 Å². The van der Waals surface area contributed by atoms with Crippen LogP contribution >= 0.6 is 0 Å². The maximum absolute atomic E-state index is 13.2. The summed E-state index contributed by atoms with van der Waals surface area (Å²) in [5, 5.41) is 9.97. The first-order valence-corrected chi connectivity index (χ1v) is 9.72. The lowest BCUT2D eigenvalue weighted by atomic mass is 9.74. The number of alkyl halides is 3. The lowest BCUT2D eigenvalue weighted by Gasteiger charge is -2.45. The van der Waals surface area contributed by atoms with E-state index in [0.29, 0.717) is 31.3 Å². The molecular weight excluding hydrogens is 361 g/mol. The summed E-state index contributed by atoms with van der Waals surface area (Å²) in [5.74, 6) is -0.300. The second-order valence-corrected chi connectivity index (χ2v) is 8.34. The molecule has 0 saturated heterocycles. The summed E-state index contributed by atoms with van der Waals surface area (Å²) in [7, 11) is 0. The number of aliphatic hydroxyl groups is 1. The maximum atomic E-state index is 13.2. The van der Waals surface area contributed by atoms with Gasteiger partial charge in [0.25, 0.3) is 0 Å². The van der Waals surface area contributed by atoms with Crippen LogP contribution in [0.1, 0.15) is 72.1 Å². The Morgan fingerprint density at radius 1 is 1.19 bits per heavy atom. The number of hydrogen-bond acceptors (Lipinski definition) is 4. The molecule has 2 fully saturated rings. The number of ether oxygens (including phenoxy) is 2. The molecule has 0 amide bonds. The molecular formula is C20H31F3O4. The van der Waals surface area contributed by atoms with Crippen LogP contribution in [0.3, 0.4) is 0 Å². The van der Waals surface area contributed by atoms with E-state index in [0.717, 1.165) is 32.6 Å². The molecule has 1 N–H and O–H groups in total. The van der Waals surface area contributed by atoms with E-state index in [1.807, 2.05) is 0 Å². The van der Waals surface area contributed by atoms with Crippen LogP contribution in [-0.2, 0) is 14.3 Å². The third-order valence-electron chi connectivity index (χ3n) is 6.27. The fourth-order valence-corrected chi connectivity index (χ4v) is 4.25. The molecule has 27 heavy (non-hydrogen) atoms. The van der Waals surface area contributed by atoms with Gasteiger partial charge in [0.2, 0.25) is 0 Å². The highest BCUT2D eigenvalue weighted by molar-refractivity contribution is 5.87. The molecule has 2 atom stereocenters. The normalized spacial score (nSPS) is 29.0. The smallest absolute Gasteiger partial charge is 0.419 e. The minimum atomic E-state index is -4.75. The molecule has 0 aliphatic heterocycles. The van der Waals surface area contributed by atoms with Crippen molar-refractivity contribution in [2.45, 2.75) is 102 Å². The second kappa shape index (κ2) is 8.11. The van der Waals surface area contributed by atoms with Crippen LogP contribution in [0.2, 0.25) is 0 Å². The molecule has 2 saturated carbocycles. The van der Waals surface area contributed by atoms with Crippen molar-refractivity contribution in [3.63, 3.8) is 0 Å². The zero-order valence-corrected chi connectivity index (χ0v) is 16.4. The van der Waals surface area contributed by atoms with E-state index in [9.17, 15) is 23.1 Å². The molecule has 0 spiro atoms. The predicted octanol–water partition coefficient (Wildman–Crippen LogP) is 4.70. The van der Waals surface area contributed by atoms with Crippen molar-refractivity contribution in [2.75, 3.05) is 0 Å². The van der Waals surface area contributed by atoms with Crippen LogP contribution in [0, 0.1) is 5.92 Å². The van der Waals surface area contributed by atoms with Crippen molar-refractivity contribution in [3.8, 4) is 0 Å². The minimum absolute atomic E-state index is 0.103. The van der Waals surface area contributed by atoms with Crippen LogP contribution < -0.4 is 0 Å². The number of rotatable bonds is 6. The van der Waals surface area contributed by atoms with Gasteiger partial charge in [0, 0.05) is 5.57 Å². The monoisotopic (exact) mass is 392 g/mol. The van der Waals surface area contributed by atoms with E-state index in [1.54, 1.807) is 6.92 Å². The Morgan fingerprint density at radius 2 is 1.70 bits per heavy atom. The van der Waals surface area contributed by atoms with Gasteiger partial charge in [0.05, 0.1) is 11.7 Å². The molecule has 0 bridgehead atoms. The Labute approximate surface area is 159 Å². The molecule has 0 radical (unpaired) electrons. The summed E-state index contributed by atoms with van der Waals surface area (Å²) >= 11 is 0. The third-order valence-corrected chi connectivity index (χ3v) is 6.27. The third kappa shape index (κ3) is 4.86. The van der Waals surface area contributed by atoms with Crippen LogP contribution in [0.15, 0.2) is 12.2 Å². The molecule has 4 nitrogen and oxygen atoms in total. The van der Waals surface area contributed by atoms with Gasteiger partial charge < -0.3 is 14.6 Å². The summed E-state index contributed by atoms with van der Waals surface area (Å²) in [6, 6.07) is 0. The molecule has 7 heteroatoms. The van der Waals surface area contributed by atoms with E-state index >= 15 is 0 Å². The van der Waals surface area contributed by atoms with Gasteiger partial charge in [-0.1, -0.05) is 19.4 Å². The zero-order chi connectivity index (χ0) is 20.5. The first kappa shape index (κ1) is 22.2. The Morgan fingerprint density at radius 3 is 2.15 bits per heavy atom. The van der Waals surface area contributed by atoms with Crippen molar-refractivity contribution in [1.82, 2.24) is 0 Å². The van der Waals surface area contributed by atoms with Crippen molar-refractivity contribution >= 4 is 5.97 Å². The molecule has 0 heterocycles. The van der Waals surface area contributed by atoms with Crippen LogP contribution in [0.4, 0.5) is 13.2 Å². The number of halogens is 3. The lowest BCUT2D eigenvalue weighted by Crippen LogP contribution is -2.56. The van der Waals surface area contributed by atoms with E-state index < -0.39 is 29.5 Å². The molecule has 2 aliphatic carbocycles. The van der Waals surface area contributed by atoms with Gasteiger partial charge in [0.15, 0.2) is 5.60 Å². The molecule has 156 valence electrons. The topological polar surface area (TPSA) is 55.8 Å². The van der Waals surface area contributed by atoms with Crippen molar-refractivity contribution in [3.05, 3.63) is 12.2 Å². The highest BCUT2D eigenvalue weighted by Gasteiger charge is 2.57. The predicted molar refractivity (Wildman–Crippen MR) is 95.1 cm³/mol. The molecule has 0 aromatic heterocycles. The van der Waals surface area contributed by atoms with Crippen LogP contribution in [-0.4, -0.2) is 40.7 Å². The number of carbonyl (C=O) groups excluding carboxylic acids is 1. The number of carbonyl (C=O) groups is 1. The quantitative estimate of drug-likeness (QED) is 0.526. The fraction of sp³-hybridized carbons (Fsp3) is 0.850.